The summed E-state index contributed by atoms with van der Waals surface area (Å²) < 4.78 is 24.9. The summed E-state index contributed by atoms with van der Waals surface area (Å²) in [6.07, 6.45) is -0.138. The van der Waals surface area contributed by atoms with Gasteiger partial charge in [-0.1, -0.05) is 0 Å². The maximum atomic E-state index is 11.8. The Morgan fingerprint density at radius 2 is 2.06 bits per heavy atom. The zero-order valence-electron chi connectivity index (χ0n) is 9.70. The van der Waals surface area contributed by atoms with Crippen LogP contribution in [0.15, 0.2) is 0 Å². The van der Waals surface area contributed by atoms with E-state index in [-0.39, 0.29) is 24.9 Å². The minimum atomic E-state index is -3.44. The molecular formula is C9H20N2O4S. The number of aliphatic hydroxyl groups is 2. The van der Waals surface area contributed by atoms with E-state index in [9.17, 15) is 13.5 Å². The first-order valence-corrected chi connectivity index (χ1v) is 6.91. The van der Waals surface area contributed by atoms with Crippen LogP contribution in [-0.2, 0) is 10.0 Å². The largest absolute Gasteiger partial charge is 0.395 e. The van der Waals surface area contributed by atoms with Crippen LogP contribution < -0.4 is 0 Å². The fourth-order valence-corrected chi connectivity index (χ4v) is 3.49. The summed E-state index contributed by atoms with van der Waals surface area (Å²) in [4.78, 5) is 1.89. The number of rotatable bonds is 5. The van der Waals surface area contributed by atoms with Gasteiger partial charge >= 0.3 is 0 Å². The van der Waals surface area contributed by atoms with Gasteiger partial charge in [-0.15, -0.1) is 0 Å². The van der Waals surface area contributed by atoms with Crippen molar-refractivity contribution in [1.82, 2.24) is 9.21 Å². The van der Waals surface area contributed by atoms with Gasteiger partial charge in [-0.25, -0.2) is 8.42 Å². The van der Waals surface area contributed by atoms with Crippen LogP contribution in [0.3, 0.4) is 0 Å². The zero-order valence-corrected chi connectivity index (χ0v) is 10.5. The standard InChI is InChI=1S/C9H20N2O4S/c1-10(2)6-8-5-9(13)7-11(8)16(14,15)4-3-12/h8-9,12-13H,3-7H2,1-2H3. The number of sulfonamides is 1. The highest BCUT2D eigenvalue weighted by Crippen LogP contribution is 2.22. The third kappa shape index (κ3) is 3.39. The normalized spacial score (nSPS) is 27.8. The molecule has 2 atom stereocenters. The summed E-state index contributed by atoms with van der Waals surface area (Å²) in [6, 6.07) is -0.193. The van der Waals surface area contributed by atoms with E-state index < -0.39 is 16.1 Å². The number of likely N-dealkylation sites (N-methyl/N-ethyl adjacent to an activating group) is 1. The Bertz CT molecular complexity index is 317. The molecule has 0 aliphatic carbocycles. The molecule has 2 N–H and O–H groups in total. The summed E-state index contributed by atoms with van der Waals surface area (Å²) >= 11 is 0. The molecule has 2 unspecified atom stereocenters. The maximum Gasteiger partial charge on any atom is 0.216 e. The zero-order chi connectivity index (χ0) is 12.3. The molecule has 0 saturated carbocycles. The molecule has 0 spiro atoms. The van der Waals surface area contributed by atoms with Crippen LogP contribution in [-0.4, -0.2) is 79.5 Å². The predicted octanol–water partition coefficient (Wildman–Crippen LogP) is -1.69. The Morgan fingerprint density at radius 3 is 2.56 bits per heavy atom. The van der Waals surface area contributed by atoms with Gasteiger partial charge in [0.05, 0.1) is 18.5 Å². The second-order valence-electron chi connectivity index (χ2n) is 4.41. The quantitative estimate of drug-likeness (QED) is 0.610. The number of β-amino-alcohol motifs (C(OH)–C–C–N with tert-alkyl or cyclic N) is 1. The van der Waals surface area contributed by atoms with E-state index in [4.69, 9.17) is 5.11 Å². The minimum Gasteiger partial charge on any atom is -0.395 e. The molecule has 96 valence electrons. The number of hydrogen-bond donors (Lipinski definition) is 2. The van der Waals surface area contributed by atoms with Gasteiger partial charge in [0.2, 0.25) is 10.0 Å². The highest BCUT2D eigenvalue weighted by atomic mass is 32.2. The monoisotopic (exact) mass is 252 g/mol. The van der Waals surface area contributed by atoms with E-state index in [1.165, 1.54) is 4.31 Å². The lowest BCUT2D eigenvalue weighted by Crippen LogP contribution is -2.42. The Kier molecular flexibility index (Phi) is 4.69. The third-order valence-electron chi connectivity index (χ3n) is 2.62. The van der Waals surface area contributed by atoms with Crippen LogP contribution >= 0.6 is 0 Å². The average Bonchev–Trinajstić information content (AvgIpc) is 2.46. The average molecular weight is 252 g/mol. The molecule has 0 aromatic carbocycles. The van der Waals surface area contributed by atoms with Crippen LogP contribution in [0.4, 0.5) is 0 Å². The summed E-state index contributed by atoms with van der Waals surface area (Å²) in [5, 5.41) is 18.2. The number of hydrogen-bond acceptors (Lipinski definition) is 5. The van der Waals surface area contributed by atoms with E-state index >= 15 is 0 Å². The van der Waals surface area contributed by atoms with Crippen molar-refractivity contribution >= 4 is 10.0 Å². The van der Waals surface area contributed by atoms with Crippen molar-refractivity contribution in [1.29, 1.82) is 0 Å². The summed E-state index contributed by atoms with van der Waals surface area (Å²) in [7, 11) is 0.284. The van der Waals surface area contributed by atoms with Crippen LogP contribution in [0, 0.1) is 0 Å². The topological polar surface area (TPSA) is 81.1 Å². The highest BCUT2D eigenvalue weighted by molar-refractivity contribution is 7.89. The van der Waals surface area contributed by atoms with Crippen molar-refractivity contribution in [3.8, 4) is 0 Å². The van der Waals surface area contributed by atoms with Crippen molar-refractivity contribution in [3.05, 3.63) is 0 Å². The fraction of sp³-hybridized carbons (Fsp3) is 1.00. The molecule has 1 fully saturated rings. The first kappa shape index (κ1) is 13.9. The first-order valence-electron chi connectivity index (χ1n) is 5.30. The van der Waals surface area contributed by atoms with E-state index in [1.54, 1.807) is 0 Å². The molecule has 0 radical (unpaired) electrons. The van der Waals surface area contributed by atoms with Crippen molar-refractivity contribution in [2.45, 2.75) is 18.6 Å². The van der Waals surface area contributed by atoms with Gasteiger partial charge in [0.1, 0.15) is 0 Å². The second kappa shape index (κ2) is 5.42. The van der Waals surface area contributed by atoms with Gasteiger partial charge < -0.3 is 15.1 Å². The van der Waals surface area contributed by atoms with Crippen LogP contribution in [0.2, 0.25) is 0 Å². The number of nitrogens with zero attached hydrogens (tertiary/aromatic N) is 2. The molecule has 0 bridgehead atoms. The molecule has 0 aromatic rings. The molecule has 6 nitrogen and oxygen atoms in total. The molecule has 0 aromatic heterocycles. The van der Waals surface area contributed by atoms with Gasteiger partial charge in [-0.2, -0.15) is 4.31 Å². The highest BCUT2D eigenvalue weighted by Gasteiger charge is 2.38. The van der Waals surface area contributed by atoms with Crippen molar-refractivity contribution in [2.24, 2.45) is 0 Å². The Hall–Kier alpha value is -0.210. The van der Waals surface area contributed by atoms with Crippen molar-refractivity contribution in [3.63, 3.8) is 0 Å². The van der Waals surface area contributed by atoms with E-state index in [0.29, 0.717) is 13.0 Å². The van der Waals surface area contributed by atoms with Gasteiger partial charge in [0.25, 0.3) is 0 Å². The Balaban J connectivity index is 2.76. The van der Waals surface area contributed by atoms with Crippen LogP contribution in [0.1, 0.15) is 6.42 Å². The second-order valence-corrected chi connectivity index (χ2v) is 6.46. The molecule has 1 aliphatic rings. The molecule has 16 heavy (non-hydrogen) atoms. The molecule has 1 saturated heterocycles. The lowest BCUT2D eigenvalue weighted by molar-refractivity contribution is 0.188. The van der Waals surface area contributed by atoms with E-state index in [0.717, 1.165) is 0 Å². The van der Waals surface area contributed by atoms with Gasteiger partial charge in [0, 0.05) is 19.1 Å². The van der Waals surface area contributed by atoms with Gasteiger partial charge in [-0.3, -0.25) is 0 Å². The molecule has 1 aliphatic heterocycles. The molecule has 0 amide bonds. The third-order valence-corrected chi connectivity index (χ3v) is 4.48. The smallest absolute Gasteiger partial charge is 0.216 e. The lowest BCUT2D eigenvalue weighted by atomic mass is 10.2. The first-order chi connectivity index (χ1) is 7.36. The van der Waals surface area contributed by atoms with Gasteiger partial charge in [-0.05, 0) is 20.5 Å². The van der Waals surface area contributed by atoms with Gasteiger partial charge in [0.15, 0.2) is 0 Å². The molecule has 7 heteroatoms. The maximum absolute atomic E-state index is 11.8. The van der Waals surface area contributed by atoms with Crippen molar-refractivity contribution in [2.75, 3.05) is 39.5 Å². The fourth-order valence-electron chi connectivity index (χ4n) is 2.02. The Labute approximate surface area is 96.5 Å². The minimum absolute atomic E-state index is 0.140. The summed E-state index contributed by atoms with van der Waals surface area (Å²) in [5.74, 6) is -0.274. The number of aliphatic hydroxyl groups excluding tert-OH is 2. The summed E-state index contributed by atoms with van der Waals surface area (Å²) in [5.41, 5.74) is 0. The SMILES string of the molecule is CN(C)CC1CC(O)CN1S(=O)(=O)CCO. The predicted molar refractivity (Wildman–Crippen MR) is 60.5 cm³/mol. The molecular weight excluding hydrogens is 232 g/mol. The summed E-state index contributed by atoms with van der Waals surface area (Å²) in [6.45, 7) is 0.339. The van der Waals surface area contributed by atoms with E-state index in [2.05, 4.69) is 0 Å². The molecule has 1 rings (SSSR count). The van der Waals surface area contributed by atoms with E-state index in [1.807, 2.05) is 19.0 Å². The van der Waals surface area contributed by atoms with Crippen molar-refractivity contribution < 1.29 is 18.6 Å². The van der Waals surface area contributed by atoms with Crippen LogP contribution in [0.5, 0.6) is 0 Å². The Morgan fingerprint density at radius 1 is 1.44 bits per heavy atom. The molecule has 1 heterocycles. The lowest BCUT2D eigenvalue weighted by Gasteiger charge is -2.25. The van der Waals surface area contributed by atoms with Crippen LogP contribution in [0.25, 0.3) is 0 Å².